The fourth-order valence-corrected chi connectivity index (χ4v) is 4.37. The first kappa shape index (κ1) is 31.5. The molecule has 0 fully saturated rings. The lowest BCUT2D eigenvalue weighted by Crippen LogP contribution is -2.16. The van der Waals surface area contributed by atoms with Crippen LogP contribution in [0.5, 0.6) is 17.2 Å². The average Bonchev–Trinajstić information content (AvgIpc) is 2.89. The lowest BCUT2D eigenvalue weighted by molar-refractivity contribution is -0.483. The van der Waals surface area contributed by atoms with E-state index in [9.17, 15) is 19.3 Å². The Labute approximate surface area is 250 Å². The van der Waals surface area contributed by atoms with Gasteiger partial charge < -0.3 is 14.2 Å². The molecule has 0 aliphatic rings. The Morgan fingerprint density at radius 2 is 1.55 bits per heavy atom. The number of ether oxygens (including phenoxy) is 3. The molecule has 0 saturated carbocycles. The van der Waals surface area contributed by atoms with Crippen LogP contribution in [0.4, 0.5) is 4.39 Å². The Bertz CT molecular complexity index is 1310. The minimum atomic E-state index is -0.670. The zero-order valence-corrected chi connectivity index (χ0v) is 24.0. The summed E-state index contributed by atoms with van der Waals surface area (Å²) in [4.78, 5) is 23.4. The van der Waals surface area contributed by atoms with Crippen molar-refractivity contribution in [2.75, 3.05) is 26.4 Å². The summed E-state index contributed by atoms with van der Waals surface area (Å²) in [5.74, 6) is -0.0896. The lowest BCUT2D eigenvalue weighted by Gasteiger charge is -2.13. The van der Waals surface area contributed by atoms with Gasteiger partial charge in [-0.2, -0.15) is 0 Å². The zero-order chi connectivity index (χ0) is 29.1. The van der Waals surface area contributed by atoms with Crippen molar-refractivity contribution < 1.29 is 28.3 Å². The predicted octanol–water partition coefficient (Wildman–Crippen LogP) is 8.31. The van der Waals surface area contributed by atoms with Gasteiger partial charge in [-0.25, -0.2) is 4.39 Å². The van der Waals surface area contributed by atoms with Gasteiger partial charge in [0.2, 0.25) is 6.54 Å². The van der Waals surface area contributed by atoms with E-state index in [0.29, 0.717) is 41.4 Å². The van der Waals surface area contributed by atoms with Crippen LogP contribution in [-0.2, 0) is 0 Å². The van der Waals surface area contributed by atoms with Crippen LogP contribution < -0.4 is 14.2 Å². The van der Waals surface area contributed by atoms with Gasteiger partial charge >= 0.3 is 0 Å². The maximum absolute atomic E-state index is 13.2. The Hall–Kier alpha value is -3.04. The van der Waals surface area contributed by atoms with Gasteiger partial charge in [0.1, 0.15) is 28.4 Å². The second-order valence-corrected chi connectivity index (χ2v) is 10.3. The fourth-order valence-electron chi connectivity index (χ4n) is 3.66. The van der Waals surface area contributed by atoms with Crippen molar-refractivity contribution in [1.82, 2.24) is 0 Å². The molecule has 40 heavy (non-hydrogen) atoms. The topological polar surface area (TPSA) is 87.9 Å². The highest BCUT2D eigenvalue weighted by molar-refractivity contribution is 6.55. The summed E-state index contributed by atoms with van der Waals surface area (Å²) < 4.78 is 30.2. The van der Waals surface area contributed by atoms with Gasteiger partial charge in [-0.15, -0.1) is 0 Å². The minimum Gasteiger partial charge on any atom is -0.493 e. The number of benzene rings is 3. The molecule has 3 rings (SSSR count). The highest BCUT2D eigenvalue weighted by Crippen LogP contribution is 2.37. The standard InChI is InChI=1S/C28H24Cl4FNO6/c29-24-15-23(39-13-10-27(31)32)16-25(30)28(24)40-12-1-11-38-22-8-4-19(5-9-22)26(35)14-20(17-34(36)37)18-2-6-21(33)7-3-18/h2-10,15-16,20H,1,11-14,17H2. The number of Topliss-reactive ketones (excluding diaryl/α,β-unsaturated/α-hetero) is 1. The van der Waals surface area contributed by atoms with Gasteiger partial charge in [0.05, 0.1) is 29.2 Å². The number of nitro groups is 1. The Morgan fingerprint density at radius 3 is 2.15 bits per heavy atom. The molecule has 0 amide bonds. The molecule has 212 valence electrons. The van der Waals surface area contributed by atoms with Gasteiger partial charge in [0.25, 0.3) is 0 Å². The molecule has 0 aromatic heterocycles. The van der Waals surface area contributed by atoms with E-state index in [4.69, 9.17) is 60.6 Å². The van der Waals surface area contributed by atoms with E-state index in [-0.39, 0.29) is 40.0 Å². The third kappa shape index (κ3) is 10.2. The molecule has 3 aromatic rings. The number of hydrogen-bond acceptors (Lipinski definition) is 6. The molecule has 0 aliphatic heterocycles. The summed E-state index contributed by atoms with van der Waals surface area (Å²) in [6.07, 6.45) is 1.91. The number of carbonyl (C=O) groups is 1. The first-order valence-electron chi connectivity index (χ1n) is 12.0. The summed E-state index contributed by atoms with van der Waals surface area (Å²) in [7, 11) is 0. The van der Waals surface area contributed by atoms with Crippen molar-refractivity contribution in [2.24, 2.45) is 0 Å². The summed E-state index contributed by atoms with van der Waals surface area (Å²) in [5, 5.41) is 11.7. The normalized spacial score (nSPS) is 11.4. The minimum absolute atomic E-state index is 0.0821. The number of nitrogens with zero attached hydrogens (tertiary/aromatic N) is 1. The molecule has 0 N–H and O–H groups in total. The summed E-state index contributed by atoms with van der Waals surface area (Å²) >= 11 is 23.6. The van der Waals surface area contributed by atoms with Crippen molar-refractivity contribution in [2.45, 2.75) is 18.8 Å². The zero-order valence-electron chi connectivity index (χ0n) is 21.0. The predicted molar refractivity (Wildman–Crippen MR) is 154 cm³/mol. The molecule has 0 spiro atoms. The van der Waals surface area contributed by atoms with Crippen molar-refractivity contribution in [1.29, 1.82) is 0 Å². The van der Waals surface area contributed by atoms with Gasteiger partial charge in [-0.05, 0) is 48.0 Å². The molecule has 12 heteroatoms. The van der Waals surface area contributed by atoms with E-state index in [1.54, 1.807) is 36.4 Å². The molecule has 3 aromatic carbocycles. The molecule has 7 nitrogen and oxygen atoms in total. The van der Waals surface area contributed by atoms with Crippen LogP contribution in [0.2, 0.25) is 10.0 Å². The van der Waals surface area contributed by atoms with E-state index in [2.05, 4.69) is 0 Å². The average molecular weight is 631 g/mol. The van der Waals surface area contributed by atoms with Gasteiger partial charge in [0.15, 0.2) is 11.5 Å². The molecule has 0 saturated heterocycles. The van der Waals surface area contributed by atoms with Crippen molar-refractivity contribution in [3.05, 3.63) is 108 Å². The van der Waals surface area contributed by atoms with Crippen molar-refractivity contribution >= 4 is 52.2 Å². The number of rotatable bonds is 15. The molecule has 1 atom stereocenters. The second kappa shape index (κ2) is 15.7. The smallest absolute Gasteiger partial charge is 0.211 e. The van der Waals surface area contributed by atoms with Crippen molar-refractivity contribution in [3.63, 3.8) is 0 Å². The third-order valence-corrected chi connectivity index (χ3v) is 6.45. The molecule has 0 bridgehead atoms. The Kier molecular flexibility index (Phi) is 12.3. The maximum atomic E-state index is 13.2. The number of ketones is 1. The van der Waals surface area contributed by atoms with E-state index in [1.807, 2.05) is 0 Å². The number of carbonyl (C=O) groups excluding carboxylic acids is 1. The van der Waals surface area contributed by atoms with Gasteiger partial charge in [-0.1, -0.05) is 58.5 Å². The second-order valence-electron chi connectivity index (χ2n) is 8.49. The highest BCUT2D eigenvalue weighted by Gasteiger charge is 2.22. The summed E-state index contributed by atoms with van der Waals surface area (Å²) in [6.45, 7) is 0.322. The maximum Gasteiger partial charge on any atom is 0.211 e. The largest absolute Gasteiger partial charge is 0.493 e. The molecular formula is C28H24Cl4FNO6. The summed E-state index contributed by atoms with van der Waals surface area (Å²) in [5.41, 5.74) is 0.926. The molecule has 0 aliphatic carbocycles. The van der Waals surface area contributed by atoms with E-state index in [0.717, 1.165) is 0 Å². The van der Waals surface area contributed by atoms with Crippen LogP contribution >= 0.6 is 46.4 Å². The van der Waals surface area contributed by atoms with E-state index >= 15 is 0 Å². The van der Waals surface area contributed by atoms with Crippen LogP contribution in [0.25, 0.3) is 0 Å². The Morgan fingerprint density at radius 1 is 0.925 bits per heavy atom. The highest BCUT2D eigenvalue weighted by atomic mass is 35.5. The van der Waals surface area contributed by atoms with Crippen LogP contribution in [-0.4, -0.2) is 37.1 Å². The van der Waals surface area contributed by atoms with Gasteiger partial charge in [-0.3, -0.25) is 14.9 Å². The molecular weight excluding hydrogens is 607 g/mol. The quantitative estimate of drug-likeness (QED) is 0.0726. The van der Waals surface area contributed by atoms with Crippen LogP contribution in [0.3, 0.4) is 0 Å². The van der Waals surface area contributed by atoms with E-state index in [1.165, 1.54) is 30.3 Å². The first-order valence-corrected chi connectivity index (χ1v) is 13.5. The SMILES string of the molecule is O=C(CC(C[N+](=O)[O-])c1ccc(F)cc1)c1ccc(OCCCOc2c(Cl)cc(OCC=C(Cl)Cl)cc2Cl)cc1. The number of hydrogen-bond donors (Lipinski definition) is 0. The van der Waals surface area contributed by atoms with Crippen LogP contribution in [0.15, 0.2) is 71.2 Å². The molecule has 1 unspecified atom stereocenters. The first-order chi connectivity index (χ1) is 19.1. The molecule has 0 radical (unpaired) electrons. The number of halogens is 5. The van der Waals surface area contributed by atoms with Crippen LogP contribution in [0, 0.1) is 15.9 Å². The van der Waals surface area contributed by atoms with E-state index < -0.39 is 23.2 Å². The van der Waals surface area contributed by atoms with Crippen LogP contribution in [0.1, 0.15) is 34.7 Å². The lowest BCUT2D eigenvalue weighted by atomic mass is 9.91. The third-order valence-electron chi connectivity index (χ3n) is 5.58. The van der Waals surface area contributed by atoms with Crippen molar-refractivity contribution in [3.8, 4) is 17.2 Å². The fraction of sp³-hybridized carbons (Fsp3) is 0.250. The molecule has 0 heterocycles. The Balaban J connectivity index is 1.46. The van der Waals surface area contributed by atoms with Gasteiger partial charge in [0, 0.05) is 35.5 Å². The summed E-state index contributed by atoms with van der Waals surface area (Å²) in [6, 6.07) is 15.0. The monoisotopic (exact) mass is 629 g/mol.